The average Bonchev–Trinajstić information content (AvgIpc) is 3.23. The summed E-state index contributed by atoms with van der Waals surface area (Å²) in [5.41, 5.74) is 1.82. The Morgan fingerprint density at radius 3 is 2.65 bits per heavy atom. The number of aromatic amines is 1. The fourth-order valence-corrected chi connectivity index (χ4v) is 5.31. The molecule has 0 aliphatic heterocycles. The molecule has 0 spiro atoms. The maximum atomic E-state index is 14.3. The van der Waals surface area contributed by atoms with Crippen LogP contribution in [0.1, 0.15) is 5.69 Å². The van der Waals surface area contributed by atoms with Crippen molar-refractivity contribution < 1.29 is 17.9 Å². The zero-order chi connectivity index (χ0) is 26.7. The van der Waals surface area contributed by atoms with Crippen molar-refractivity contribution in [1.29, 1.82) is 0 Å². The molecule has 4 N–H and O–H groups in total. The normalized spacial score (nSPS) is 11.9. The van der Waals surface area contributed by atoms with Gasteiger partial charge in [-0.05, 0) is 44.3 Å². The Morgan fingerprint density at radius 1 is 1.14 bits per heavy atom. The van der Waals surface area contributed by atoms with Gasteiger partial charge in [0, 0.05) is 25.2 Å². The molecule has 2 heterocycles. The van der Waals surface area contributed by atoms with Crippen LogP contribution < -0.4 is 10.0 Å². The maximum Gasteiger partial charge on any atom is 0.264 e. The van der Waals surface area contributed by atoms with Crippen molar-refractivity contribution in [2.24, 2.45) is 0 Å². The fraction of sp³-hybridized carbons (Fsp3) is 0.261. The SMILES string of the molecule is Cc1n[nH]c2nc(-c3ccc(NS(=O)(=O)c4cccc(Cl)c4F)c(Cl)c3)nc(NCCN(C)CCO)c12. The van der Waals surface area contributed by atoms with Gasteiger partial charge in [0.25, 0.3) is 10.0 Å². The van der Waals surface area contributed by atoms with Gasteiger partial charge in [0.1, 0.15) is 10.7 Å². The van der Waals surface area contributed by atoms with Gasteiger partial charge in [0.05, 0.1) is 33.4 Å². The van der Waals surface area contributed by atoms with Gasteiger partial charge >= 0.3 is 0 Å². The molecule has 0 bridgehead atoms. The maximum absolute atomic E-state index is 14.3. The zero-order valence-corrected chi connectivity index (χ0v) is 22.2. The third kappa shape index (κ3) is 5.94. The first-order valence-corrected chi connectivity index (χ1v) is 13.4. The number of rotatable bonds is 10. The number of halogens is 3. The van der Waals surface area contributed by atoms with Gasteiger partial charge in [-0.25, -0.2) is 22.8 Å². The molecule has 0 aliphatic rings. The van der Waals surface area contributed by atoms with Crippen LogP contribution >= 0.6 is 23.2 Å². The van der Waals surface area contributed by atoms with Crippen LogP contribution in [0.25, 0.3) is 22.4 Å². The number of benzene rings is 2. The number of hydrogen-bond donors (Lipinski definition) is 4. The first kappa shape index (κ1) is 27.0. The molecule has 37 heavy (non-hydrogen) atoms. The Labute approximate surface area is 222 Å². The number of H-pyrrole nitrogens is 1. The van der Waals surface area contributed by atoms with Crippen LogP contribution in [0.3, 0.4) is 0 Å². The Morgan fingerprint density at radius 2 is 1.92 bits per heavy atom. The number of sulfonamides is 1. The van der Waals surface area contributed by atoms with E-state index < -0.39 is 20.7 Å². The van der Waals surface area contributed by atoms with Crippen molar-refractivity contribution in [1.82, 2.24) is 25.1 Å². The van der Waals surface area contributed by atoms with Gasteiger partial charge in [0.15, 0.2) is 17.3 Å². The topological polar surface area (TPSA) is 136 Å². The lowest BCUT2D eigenvalue weighted by Crippen LogP contribution is -2.28. The molecule has 0 saturated carbocycles. The van der Waals surface area contributed by atoms with E-state index in [0.717, 1.165) is 17.1 Å². The molecule has 2 aromatic carbocycles. The van der Waals surface area contributed by atoms with Crippen molar-refractivity contribution in [3.8, 4) is 11.4 Å². The molecule has 0 amide bonds. The number of aromatic nitrogens is 4. The third-order valence-electron chi connectivity index (χ3n) is 5.55. The molecule has 196 valence electrons. The molecule has 10 nitrogen and oxygen atoms in total. The molecule has 0 aliphatic carbocycles. The lowest BCUT2D eigenvalue weighted by atomic mass is 10.2. The van der Waals surface area contributed by atoms with Gasteiger partial charge in [-0.2, -0.15) is 5.10 Å². The first-order valence-electron chi connectivity index (χ1n) is 11.1. The highest BCUT2D eigenvalue weighted by atomic mass is 35.5. The Bertz CT molecular complexity index is 1550. The highest BCUT2D eigenvalue weighted by Crippen LogP contribution is 2.32. The van der Waals surface area contributed by atoms with Crippen molar-refractivity contribution in [3.63, 3.8) is 0 Å². The van der Waals surface area contributed by atoms with Crippen LogP contribution in [0.2, 0.25) is 10.0 Å². The number of aliphatic hydroxyl groups is 1. The van der Waals surface area contributed by atoms with Crippen molar-refractivity contribution >= 4 is 55.8 Å². The van der Waals surface area contributed by atoms with Crippen molar-refractivity contribution in [2.45, 2.75) is 11.8 Å². The van der Waals surface area contributed by atoms with Gasteiger partial charge in [0.2, 0.25) is 0 Å². The average molecular weight is 568 g/mol. The molecule has 0 fully saturated rings. The number of fused-ring (bicyclic) bond motifs is 1. The zero-order valence-electron chi connectivity index (χ0n) is 19.9. The second-order valence-corrected chi connectivity index (χ2v) is 10.7. The van der Waals surface area contributed by atoms with E-state index in [0.29, 0.717) is 42.5 Å². The Kier molecular flexibility index (Phi) is 8.14. The third-order valence-corrected chi connectivity index (χ3v) is 7.53. The molecule has 0 radical (unpaired) electrons. The number of likely N-dealkylation sites (N-methyl/N-ethyl adjacent to an activating group) is 1. The van der Waals surface area contributed by atoms with Crippen LogP contribution in [0.5, 0.6) is 0 Å². The largest absolute Gasteiger partial charge is 0.395 e. The lowest BCUT2D eigenvalue weighted by molar-refractivity contribution is 0.225. The van der Waals surface area contributed by atoms with E-state index >= 15 is 0 Å². The molecule has 14 heteroatoms. The van der Waals surface area contributed by atoms with Crippen LogP contribution in [-0.4, -0.2) is 71.9 Å². The Hall–Kier alpha value is -3.03. The minimum atomic E-state index is -4.29. The van der Waals surface area contributed by atoms with E-state index in [9.17, 15) is 12.8 Å². The first-order chi connectivity index (χ1) is 17.6. The number of aryl methyl sites for hydroxylation is 1. The van der Waals surface area contributed by atoms with E-state index in [-0.39, 0.29) is 22.3 Å². The molecule has 4 aromatic rings. The van der Waals surface area contributed by atoms with Crippen molar-refractivity contribution in [2.75, 3.05) is 43.3 Å². The van der Waals surface area contributed by atoms with Crippen LogP contribution in [0.15, 0.2) is 41.3 Å². The fourth-order valence-electron chi connectivity index (χ4n) is 3.61. The lowest BCUT2D eigenvalue weighted by Gasteiger charge is -2.16. The van der Waals surface area contributed by atoms with Crippen LogP contribution in [-0.2, 0) is 10.0 Å². The Balaban J connectivity index is 1.62. The predicted molar refractivity (Wildman–Crippen MR) is 142 cm³/mol. The number of nitrogens with zero attached hydrogens (tertiary/aromatic N) is 4. The molecule has 4 rings (SSSR count). The summed E-state index contributed by atoms with van der Waals surface area (Å²) >= 11 is 12.1. The smallest absolute Gasteiger partial charge is 0.264 e. The second-order valence-electron chi connectivity index (χ2n) is 8.23. The highest BCUT2D eigenvalue weighted by Gasteiger charge is 2.22. The molecule has 0 saturated heterocycles. The molecular formula is C23H24Cl2FN7O3S. The van der Waals surface area contributed by atoms with E-state index in [4.69, 9.17) is 28.3 Å². The van der Waals surface area contributed by atoms with E-state index in [2.05, 4.69) is 30.2 Å². The van der Waals surface area contributed by atoms with Crippen LogP contribution in [0.4, 0.5) is 15.9 Å². The molecule has 0 atom stereocenters. The van der Waals surface area contributed by atoms with E-state index in [1.807, 2.05) is 18.9 Å². The summed E-state index contributed by atoms with van der Waals surface area (Å²) in [6.45, 7) is 3.70. The van der Waals surface area contributed by atoms with Crippen molar-refractivity contribution in [3.05, 3.63) is 58.0 Å². The molecule has 2 aromatic heterocycles. The summed E-state index contributed by atoms with van der Waals surface area (Å²) in [6.07, 6.45) is 0. The number of hydrogen-bond acceptors (Lipinski definition) is 8. The monoisotopic (exact) mass is 567 g/mol. The molecular weight excluding hydrogens is 544 g/mol. The minimum Gasteiger partial charge on any atom is -0.395 e. The van der Waals surface area contributed by atoms with Gasteiger partial charge in [-0.15, -0.1) is 0 Å². The predicted octanol–water partition coefficient (Wildman–Crippen LogP) is 3.91. The summed E-state index contributed by atoms with van der Waals surface area (Å²) in [5, 5.41) is 20.0. The summed E-state index contributed by atoms with van der Waals surface area (Å²) in [7, 11) is -2.39. The minimum absolute atomic E-state index is 0.0496. The summed E-state index contributed by atoms with van der Waals surface area (Å²) in [4.78, 5) is 10.6. The number of aliphatic hydroxyl groups excluding tert-OH is 1. The standard InChI is InChI=1S/C23H24Cl2FN7O3S/c1-13-19-22(27-8-9-33(2)10-11-34)28-21(29-23(19)31-30-13)14-6-7-17(16(25)12-14)32-37(35,36)18-5-3-4-15(24)20(18)26/h3-7,12,32,34H,8-11H2,1-2H3,(H2,27,28,29,30,31). The van der Waals surface area contributed by atoms with E-state index in [1.54, 1.807) is 6.07 Å². The van der Waals surface area contributed by atoms with Gasteiger partial charge in [-0.1, -0.05) is 29.3 Å². The quantitative estimate of drug-likeness (QED) is 0.226. The number of nitrogens with one attached hydrogen (secondary N) is 3. The van der Waals surface area contributed by atoms with Gasteiger partial charge in [-0.3, -0.25) is 9.82 Å². The van der Waals surface area contributed by atoms with Crippen LogP contribution in [0, 0.1) is 12.7 Å². The number of anilines is 2. The highest BCUT2D eigenvalue weighted by molar-refractivity contribution is 7.92. The summed E-state index contributed by atoms with van der Waals surface area (Å²) in [6, 6.07) is 8.26. The summed E-state index contributed by atoms with van der Waals surface area (Å²) in [5.74, 6) is -0.149. The molecule has 0 unspecified atom stereocenters. The van der Waals surface area contributed by atoms with E-state index in [1.165, 1.54) is 24.3 Å². The van der Waals surface area contributed by atoms with Gasteiger partial charge < -0.3 is 15.3 Å². The summed E-state index contributed by atoms with van der Waals surface area (Å²) < 4.78 is 42.1. The second kappa shape index (κ2) is 11.2.